The number of carbonyl (C=O) groups is 1. The van der Waals surface area contributed by atoms with Gasteiger partial charge in [-0.15, -0.1) is 0 Å². The first-order chi connectivity index (χ1) is 8.77. The number of hydrogen-bond donors (Lipinski definition) is 0. The zero-order chi connectivity index (χ0) is 14.3. The second-order valence-corrected chi connectivity index (χ2v) is 8.09. The van der Waals surface area contributed by atoms with Crippen LogP contribution in [0, 0.1) is 11.3 Å². The molecule has 104 valence electrons. The topological polar surface area (TPSA) is 51.2 Å². The van der Waals surface area contributed by atoms with Crippen molar-refractivity contribution in [1.82, 2.24) is 0 Å². The number of ketones is 1. The Labute approximate surface area is 114 Å². The van der Waals surface area contributed by atoms with Gasteiger partial charge in [0.25, 0.3) is 0 Å². The molecule has 0 bridgehead atoms. The molecule has 0 aliphatic heterocycles. The van der Waals surface area contributed by atoms with E-state index in [0.29, 0.717) is 17.7 Å². The van der Waals surface area contributed by atoms with Crippen molar-refractivity contribution in [2.45, 2.75) is 43.8 Å². The van der Waals surface area contributed by atoms with Gasteiger partial charge in [0.15, 0.2) is 9.84 Å². The largest absolute Gasteiger partial charge is 0.299 e. The highest BCUT2D eigenvalue weighted by Crippen LogP contribution is 2.43. The molecule has 1 saturated carbocycles. The Morgan fingerprint density at radius 2 is 1.74 bits per heavy atom. The number of carbonyl (C=O) groups excluding carboxylic acids is 1. The fraction of sp³-hybridized carbons (Fsp3) is 0.533. The van der Waals surface area contributed by atoms with Gasteiger partial charge < -0.3 is 0 Å². The van der Waals surface area contributed by atoms with E-state index in [0.717, 1.165) is 0 Å². The highest BCUT2D eigenvalue weighted by molar-refractivity contribution is 7.92. The van der Waals surface area contributed by atoms with Crippen molar-refractivity contribution in [2.24, 2.45) is 11.3 Å². The van der Waals surface area contributed by atoms with E-state index in [1.54, 1.807) is 37.3 Å². The van der Waals surface area contributed by atoms with Crippen molar-refractivity contribution < 1.29 is 13.2 Å². The van der Waals surface area contributed by atoms with Crippen LogP contribution in [0.1, 0.15) is 33.6 Å². The van der Waals surface area contributed by atoms with Gasteiger partial charge in [0.2, 0.25) is 0 Å². The maximum atomic E-state index is 12.8. The van der Waals surface area contributed by atoms with Gasteiger partial charge in [-0.1, -0.05) is 39.0 Å². The lowest BCUT2D eigenvalue weighted by atomic mass is 9.72. The van der Waals surface area contributed by atoms with Crippen LogP contribution in [0.5, 0.6) is 0 Å². The summed E-state index contributed by atoms with van der Waals surface area (Å²) in [5.41, 5.74) is -0.373. The molecule has 2 unspecified atom stereocenters. The van der Waals surface area contributed by atoms with Crippen LogP contribution in [0.25, 0.3) is 0 Å². The predicted octanol–water partition coefficient (Wildman–Crippen LogP) is 2.85. The number of benzene rings is 1. The number of hydrogen-bond acceptors (Lipinski definition) is 3. The van der Waals surface area contributed by atoms with Crippen molar-refractivity contribution in [1.29, 1.82) is 0 Å². The molecule has 2 atom stereocenters. The van der Waals surface area contributed by atoms with Gasteiger partial charge in [-0.3, -0.25) is 4.79 Å². The van der Waals surface area contributed by atoms with Crippen LogP contribution >= 0.6 is 0 Å². The summed E-state index contributed by atoms with van der Waals surface area (Å²) in [6, 6.07) is 8.44. The van der Waals surface area contributed by atoms with Gasteiger partial charge in [0.05, 0.1) is 10.1 Å². The predicted molar refractivity (Wildman–Crippen MR) is 74.6 cm³/mol. The molecule has 0 spiro atoms. The number of rotatable bonds is 2. The summed E-state index contributed by atoms with van der Waals surface area (Å²) < 4.78 is 25.6. The quantitative estimate of drug-likeness (QED) is 0.837. The molecule has 0 heterocycles. The fourth-order valence-corrected chi connectivity index (χ4v) is 5.58. The van der Waals surface area contributed by atoms with E-state index in [1.807, 2.05) is 13.8 Å². The Kier molecular flexibility index (Phi) is 3.56. The first kappa shape index (κ1) is 14.3. The van der Waals surface area contributed by atoms with E-state index < -0.39 is 21.0 Å². The molecule has 1 aliphatic carbocycles. The lowest BCUT2D eigenvalue weighted by molar-refractivity contribution is -0.126. The average Bonchev–Trinajstić information content (AvgIpc) is 2.35. The Balaban J connectivity index is 2.51. The molecule has 0 aromatic heterocycles. The molecule has 4 heteroatoms. The van der Waals surface area contributed by atoms with E-state index >= 15 is 0 Å². The SMILES string of the molecule is CC1C(=O)CCC(C)(C)C1S(=O)(=O)c1ccccc1. The molecule has 0 N–H and O–H groups in total. The smallest absolute Gasteiger partial charge is 0.182 e. The molecule has 1 aliphatic rings. The summed E-state index contributed by atoms with van der Waals surface area (Å²) in [5.74, 6) is -0.377. The second-order valence-electron chi connectivity index (χ2n) is 6.02. The van der Waals surface area contributed by atoms with E-state index in [1.165, 1.54) is 0 Å². The monoisotopic (exact) mass is 280 g/mol. The lowest BCUT2D eigenvalue weighted by Crippen LogP contribution is -2.48. The molecular weight excluding hydrogens is 260 g/mol. The van der Waals surface area contributed by atoms with Gasteiger partial charge in [-0.25, -0.2) is 8.42 Å². The average molecular weight is 280 g/mol. The van der Waals surface area contributed by atoms with Crippen molar-refractivity contribution in [3.05, 3.63) is 30.3 Å². The summed E-state index contributed by atoms with van der Waals surface area (Å²) in [5, 5.41) is -0.636. The zero-order valence-corrected chi connectivity index (χ0v) is 12.4. The van der Waals surface area contributed by atoms with Gasteiger partial charge in [0, 0.05) is 12.3 Å². The molecule has 0 saturated heterocycles. The van der Waals surface area contributed by atoms with Crippen LogP contribution in [0.2, 0.25) is 0 Å². The minimum atomic E-state index is -3.47. The highest BCUT2D eigenvalue weighted by atomic mass is 32.2. The summed E-state index contributed by atoms with van der Waals surface area (Å²) in [4.78, 5) is 12.2. The summed E-state index contributed by atoms with van der Waals surface area (Å²) in [7, 11) is -3.47. The zero-order valence-electron chi connectivity index (χ0n) is 11.6. The molecular formula is C15H20O3S. The molecule has 0 radical (unpaired) electrons. The van der Waals surface area contributed by atoms with Crippen LogP contribution < -0.4 is 0 Å². The Bertz CT molecular complexity index is 573. The second kappa shape index (κ2) is 4.75. The van der Waals surface area contributed by atoms with E-state index in [2.05, 4.69) is 0 Å². The minimum absolute atomic E-state index is 0.0591. The molecule has 1 aromatic carbocycles. The first-order valence-electron chi connectivity index (χ1n) is 6.58. The first-order valence-corrected chi connectivity index (χ1v) is 8.13. The summed E-state index contributed by atoms with van der Waals surface area (Å²) in [6.07, 6.45) is 1.11. The normalized spacial score (nSPS) is 27.2. The minimum Gasteiger partial charge on any atom is -0.299 e. The van der Waals surface area contributed by atoms with Crippen molar-refractivity contribution in [2.75, 3.05) is 0 Å². The number of sulfone groups is 1. The van der Waals surface area contributed by atoms with Crippen LogP contribution in [-0.2, 0) is 14.6 Å². The lowest BCUT2D eigenvalue weighted by Gasteiger charge is -2.41. The standard InChI is InChI=1S/C15H20O3S/c1-11-13(16)9-10-15(2,3)14(11)19(17,18)12-7-5-4-6-8-12/h4-8,11,14H,9-10H2,1-3H3. The van der Waals surface area contributed by atoms with Crippen LogP contribution in [-0.4, -0.2) is 19.5 Å². The van der Waals surface area contributed by atoms with E-state index in [9.17, 15) is 13.2 Å². The molecule has 2 rings (SSSR count). The molecule has 19 heavy (non-hydrogen) atoms. The van der Waals surface area contributed by atoms with Crippen LogP contribution in [0.15, 0.2) is 35.2 Å². The van der Waals surface area contributed by atoms with Crippen molar-refractivity contribution >= 4 is 15.6 Å². The Morgan fingerprint density at radius 1 is 1.16 bits per heavy atom. The van der Waals surface area contributed by atoms with Crippen molar-refractivity contribution in [3.8, 4) is 0 Å². The molecule has 3 nitrogen and oxygen atoms in total. The van der Waals surface area contributed by atoms with Crippen LogP contribution in [0.3, 0.4) is 0 Å². The Hall–Kier alpha value is -1.16. The van der Waals surface area contributed by atoms with Crippen molar-refractivity contribution in [3.63, 3.8) is 0 Å². The van der Waals surface area contributed by atoms with E-state index in [4.69, 9.17) is 0 Å². The Morgan fingerprint density at radius 3 is 2.32 bits per heavy atom. The molecule has 1 aromatic rings. The van der Waals surface area contributed by atoms with E-state index in [-0.39, 0.29) is 11.2 Å². The third-order valence-electron chi connectivity index (χ3n) is 4.15. The number of Topliss-reactive ketones (excluding diaryl/α,β-unsaturated/α-hetero) is 1. The van der Waals surface area contributed by atoms with Crippen LogP contribution in [0.4, 0.5) is 0 Å². The summed E-state index contributed by atoms with van der Waals surface area (Å²) in [6.45, 7) is 5.64. The van der Waals surface area contributed by atoms with Gasteiger partial charge in [-0.05, 0) is 24.0 Å². The maximum absolute atomic E-state index is 12.8. The fourth-order valence-electron chi connectivity index (χ4n) is 3.11. The maximum Gasteiger partial charge on any atom is 0.182 e. The van der Waals surface area contributed by atoms with Gasteiger partial charge in [-0.2, -0.15) is 0 Å². The van der Waals surface area contributed by atoms with Gasteiger partial charge >= 0.3 is 0 Å². The highest BCUT2D eigenvalue weighted by Gasteiger charge is 2.48. The summed E-state index contributed by atoms with van der Waals surface area (Å²) >= 11 is 0. The molecule has 0 amide bonds. The van der Waals surface area contributed by atoms with Gasteiger partial charge in [0.1, 0.15) is 5.78 Å². The molecule has 1 fully saturated rings. The third-order valence-corrected chi connectivity index (χ3v) is 6.80. The third kappa shape index (κ3) is 2.46.